The van der Waals surface area contributed by atoms with Crippen LogP contribution in [0.1, 0.15) is 38.3 Å². The number of para-hydroxylation sites is 1. The Morgan fingerprint density at radius 3 is 2.33 bits per heavy atom. The molecule has 0 fully saturated rings. The maximum absolute atomic E-state index is 13.5. The molecule has 0 heterocycles. The van der Waals surface area contributed by atoms with Crippen molar-refractivity contribution in [1.82, 2.24) is 10.2 Å². The minimum Gasteiger partial charge on any atom is -0.352 e. The number of carbonyl (C=O) groups is 2. The number of halogens is 1. The van der Waals surface area contributed by atoms with Gasteiger partial charge in [-0.15, -0.1) is 0 Å². The second-order valence-corrected chi connectivity index (χ2v) is 11.0. The highest BCUT2D eigenvalue weighted by Gasteiger charge is 2.30. The first kappa shape index (κ1) is 26.9. The van der Waals surface area contributed by atoms with E-state index >= 15 is 0 Å². The molecule has 7 nitrogen and oxygen atoms in total. The van der Waals surface area contributed by atoms with Gasteiger partial charge in [0.2, 0.25) is 21.8 Å². The van der Waals surface area contributed by atoms with E-state index in [1.807, 2.05) is 44.2 Å². The molecule has 2 atom stereocenters. The molecule has 0 spiro atoms. The van der Waals surface area contributed by atoms with Crippen molar-refractivity contribution in [2.24, 2.45) is 0 Å². The molecule has 2 aromatic carbocycles. The fourth-order valence-electron chi connectivity index (χ4n) is 3.32. The van der Waals surface area contributed by atoms with E-state index in [1.54, 1.807) is 32.0 Å². The Morgan fingerprint density at radius 2 is 1.76 bits per heavy atom. The van der Waals surface area contributed by atoms with Crippen molar-refractivity contribution >= 4 is 43.5 Å². The van der Waals surface area contributed by atoms with Gasteiger partial charge in [-0.3, -0.25) is 13.9 Å². The fourth-order valence-corrected chi connectivity index (χ4v) is 4.67. The lowest BCUT2D eigenvalue weighted by Gasteiger charge is -2.32. The van der Waals surface area contributed by atoms with Crippen LogP contribution in [0.25, 0.3) is 0 Å². The predicted molar refractivity (Wildman–Crippen MR) is 135 cm³/mol. The molecule has 0 aliphatic heterocycles. The summed E-state index contributed by atoms with van der Waals surface area (Å²) >= 11 is 3.43. The molecule has 1 N–H and O–H groups in total. The highest BCUT2D eigenvalue weighted by molar-refractivity contribution is 9.10. The molecule has 0 saturated heterocycles. The molecule has 2 amide bonds. The topological polar surface area (TPSA) is 86.8 Å². The average molecular weight is 539 g/mol. The molecule has 180 valence electrons. The van der Waals surface area contributed by atoms with Crippen LogP contribution in [-0.2, 0) is 26.2 Å². The van der Waals surface area contributed by atoms with Gasteiger partial charge in [0.05, 0.1) is 11.9 Å². The number of nitrogens with one attached hydrogen (secondary N) is 1. The van der Waals surface area contributed by atoms with Crippen molar-refractivity contribution in [1.29, 1.82) is 0 Å². The molecule has 2 rings (SSSR count). The van der Waals surface area contributed by atoms with Gasteiger partial charge in [0, 0.05) is 17.1 Å². The lowest BCUT2D eigenvalue weighted by Crippen LogP contribution is -2.52. The van der Waals surface area contributed by atoms with Crippen molar-refractivity contribution in [2.75, 3.05) is 17.1 Å². The van der Waals surface area contributed by atoms with Crippen molar-refractivity contribution in [3.8, 4) is 0 Å². The number of sulfonamides is 1. The third kappa shape index (κ3) is 7.57. The summed E-state index contributed by atoms with van der Waals surface area (Å²) in [6, 6.07) is 13.6. The van der Waals surface area contributed by atoms with Crippen LogP contribution < -0.4 is 9.62 Å². The Labute approximate surface area is 205 Å². The van der Waals surface area contributed by atoms with Gasteiger partial charge >= 0.3 is 0 Å². The summed E-state index contributed by atoms with van der Waals surface area (Å²) in [5.41, 5.74) is 1.99. The number of benzene rings is 2. The number of hydrogen-bond acceptors (Lipinski definition) is 4. The number of carbonyl (C=O) groups excluding carboxylic acids is 2. The van der Waals surface area contributed by atoms with Crippen LogP contribution in [0.2, 0.25) is 0 Å². The number of rotatable bonds is 10. The second kappa shape index (κ2) is 11.7. The van der Waals surface area contributed by atoms with Gasteiger partial charge in [-0.2, -0.15) is 0 Å². The Kier molecular flexibility index (Phi) is 9.48. The van der Waals surface area contributed by atoms with Crippen LogP contribution in [-0.4, -0.2) is 50.0 Å². The van der Waals surface area contributed by atoms with E-state index in [2.05, 4.69) is 21.2 Å². The maximum atomic E-state index is 13.5. The van der Waals surface area contributed by atoms with Gasteiger partial charge in [0.25, 0.3) is 0 Å². The SMILES string of the molecule is CC[C@H](C)NC(=O)[C@H](C)N(Cc1cccc(Br)c1)C(=O)CN(c1ccccc1C)S(C)(=O)=O. The van der Waals surface area contributed by atoms with E-state index in [0.717, 1.165) is 32.6 Å². The van der Waals surface area contributed by atoms with Crippen molar-refractivity contribution < 1.29 is 18.0 Å². The van der Waals surface area contributed by atoms with E-state index < -0.39 is 28.5 Å². The molecule has 0 aromatic heterocycles. The standard InChI is InChI=1S/C24H32BrN3O4S/c1-6-18(3)26-24(30)19(4)27(15-20-11-9-12-21(25)14-20)23(29)16-28(33(5,31)32)22-13-8-7-10-17(22)2/h7-14,18-19H,6,15-16H2,1-5H3,(H,26,30)/t18-,19-/m0/s1. The molecule has 2 aromatic rings. The molecule has 0 saturated carbocycles. The molecule has 0 aliphatic rings. The maximum Gasteiger partial charge on any atom is 0.244 e. The third-order valence-corrected chi connectivity index (χ3v) is 7.09. The summed E-state index contributed by atoms with van der Waals surface area (Å²) in [6.07, 6.45) is 1.83. The van der Waals surface area contributed by atoms with Gasteiger partial charge < -0.3 is 10.2 Å². The highest BCUT2D eigenvalue weighted by atomic mass is 79.9. The van der Waals surface area contributed by atoms with Crippen LogP contribution >= 0.6 is 15.9 Å². The first-order valence-electron chi connectivity index (χ1n) is 10.8. The Morgan fingerprint density at radius 1 is 1.09 bits per heavy atom. The molecule has 0 bridgehead atoms. The van der Waals surface area contributed by atoms with Gasteiger partial charge in [-0.25, -0.2) is 8.42 Å². The van der Waals surface area contributed by atoms with Gasteiger partial charge in [0.15, 0.2) is 0 Å². The lowest BCUT2D eigenvalue weighted by molar-refractivity contribution is -0.139. The number of hydrogen-bond donors (Lipinski definition) is 1. The number of aryl methyl sites for hydroxylation is 1. The Balaban J connectivity index is 2.40. The summed E-state index contributed by atoms with van der Waals surface area (Å²) in [6.45, 7) is 7.07. The van der Waals surface area contributed by atoms with Crippen LogP contribution in [0, 0.1) is 6.92 Å². The Hall–Kier alpha value is -2.39. The summed E-state index contributed by atoms with van der Waals surface area (Å²) in [4.78, 5) is 27.8. The van der Waals surface area contributed by atoms with Gasteiger partial charge in [-0.1, -0.05) is 53.2 Å². The average Bonchev–Trinajstić information content (AvgIpc) is 2.75. The van der Waals surface area contributed by atoms with Gasteiger partial charge in [0.1, 0.15) is 12.6 Å². The largest absolute Gasteiger partial charge is 0.352 e. The van der Waals surface area contributed by atoms with Crippen LogP contribution in [0.3, 0.4) is 0 Å². The van der Waals surface area contributed by atoms with Crippen molar-refractivity contribution in [3.05, 3.63) is 64.1 Å². The fraction of sp³-hybridized carbons (Fsp3) is 0.417. The van der Waals surface area contributed by atoms with E-state index in [9.17, 15) is 18.0 Å². The highest BCUT2D eigenvalue weighted by Crippen LogP contribution is 2.23. The second-order valence-electron chi connectivity index (χ2n) is 8.20. The van der Waals surface area contributed by atoms with E-state index in [4.69, 9.17) is 0 Å². The number of anilines is 1. The number of amides is 2. The molecule has 33 heavy (non-hydrogen) atoms. The molecule has 0 unspecified atom stereocenters. The minimum atomic E-state index is -3.74. The van der Waals surface area contributed by atoms with Crippen molar-refractivity contribution in [2.45, 2.75) is 52.7 Å². The summed E-state index contributed by atoms with van der Waals surface area (Å²) in [7, 11) is -3.74. The summed E-state index contributed by atoms with van der Waals surface area (Å²) in [5.74, 6) is -0.745. The molecule has 0 aliphatic carbocycles. The van der Waals surface area contributed by atoms with Crippen LogP contribution in [0.5, 0.6) is 0 Å². The summed E-state index contributed by atoms with van der Waals surface area (Å²) < 4.78 is 27.1. The molecular formula is C24H32BrN3O4S. The van der Waals surface area contributed by atoms with E-state index in [1.165, 1.54) is 4.90 Å². The third-order valence-electron chi connectivity index (χ3n) is 5.47. The first-order valence-corrected chi connectivity index (χ1v) is 13.5. The van der Waals surface area contributed by atoms with Crippen molar-refractivity contribution in [3.63, 3.8) is 0 Å². The molecular weight excluding hydrogens is 506 g/mol. The molecule has 0 radical (unpaired) electrons. The van der Waals surface area contributed by atoms with Crippen LogP contribution in [0.15, 0.2) is 53.0 Å². The zero-order valence-corrected chi connectivity index (χ0v) is 22.1. The first-order chi connectivity index (χ1) is 15.4. The lowest BCUT2D eigenvalue weighted by atomic mass is 10.1. The van der Waals surface area contributed by atoms with Gasteiger partial charge in [-0.05, 0) is 56.5 Å². The van der Waals surface area contributed by atoms with Crippen LogP contribution in [0.4, 0.5) is 5.69 Å². The quantitative estimate of drug-likeness (QED) is 0.498. The Bertz CT molecular complexity index is 1090. The minimum absolute atomic E-state index is 0.0396. The zero-order chi connectivity index (χ0) is 24.8. The normalized spacial score (nSPS) is 13.2. The summed E-state index contributed by atoms with van der Waals surface area (Å²) in [5, 5.41) is 2.91. The smallest absolute Gasteiger partial charge is 0.244 e. The monoisotopic (exact) mass is 537 g/mol. The zero-order valence-electron chi connectivity index (χ0n) is 19.7. The van der Waals surface area contributed by atoms with E-state index in [-0.39, 0.29) is 18.5 Å². The number of nitrogens with zero attached hydrogens (tertiary/aromatic N) is 2. The predicted octanol–water partition coefficient (Wildman–Crippen LogP) is 3.86. The van der Waals surface area contributed by atoms with E-state index in [0.29, 0.717) is 5.69 Å². The molecule has 9 heteroatoms.